The number of methoxy groups -OCH3 is 1. The number of aldehydes is 1. The topological polar surface area (TPSA) is 125 Å². The molecule has 0 radical (unpaired) electrons. The number of carbonyl (C=O) groups is 3. The first kappa shape index (κ1) is 28.1. The van der Waals surface area contributed by atoms with E-state index < -0.39 is 24.2 Å². The standard InChI is InChI=1S/C28H31IN2O7/c1-37-24-12-18(16-33)11-21(29)26(24)38-23-14-20(27(35)30-9-10-32)13-22(25(23)34)31(28(36)19-7-8-19)15-17-5-3-2-4-6-17/h2-6,11-12,14,16,19,22-23,25,32,34H,7-10,13,15H2,1H3,(H,30,35)/t22-,23+,25+/m1/s1. The maximum Gasteiger partial charge on any atom is 0.247 e. The van der Waals surface area contributed by atoms with Gasteiger partial charge in [-0.05, 0) is 59.2 Å². The predicted octanol–water partition coefficient (Wildman–Crippen LogP) is 2.47. The molecule has 3 N–H and O–H groups in total. The summed E-state index contributed by atoms with van der Waals surface area (Å²) in [6, 6.07) is 12.0. The third kappa shape index (κ3) is 6.54. The maximum atomic E-state index is 13.5. The number of halogens is 1. The molecule has 0 heterocycles. The van der Waals surface area contributed by atoms with E-state index in [0.29, 0.717) is 32.5 Å². The Hall–Kier alpha value is -2.96. The van der Waals surface area contributed by atoms with Crippen molar-refractivity contribution in [3.8, 4) is 11.5 Å². The molecule has 0 bridgehead atoms. The quantitative estimate of drug-likeness (QED) is 0.256. The molecule has 0 saturated heterocycles. The van der Waals surface area contributed by atoms with Crippen molar-refractivity contribution in [2.45, 2.75) is 44.1 Å². The molecule has 1 fully saturated rings. The van der Waals surface area contributed by atoms with Crippen molar-refractivity contribution in [2.24, 2.45) is 5.92 Å². The van der Waals surface area contributed by atoms with Gasteiger partial charge in [0.25, 0.3) is 0 Å². The van der Waals surface area contributed by atoms with Crippen molar-refractivity contribution in [3.63, 3.8) is 0 Å². The molecule has 4 rings (SSSR count). The third-order valence-electron chi connectivity index (χ3n) is 6.66. The third-order valence-corrected chi connectivity index (χ3v) is 7.46. The molecule has 9 nitrogen and oxygen atoms in total. The van der Waals surface area contributed by atoms with Crippen molar-refractivity contribution in [3.05, 3.63) is 68.8 Å². The molecular formula is C28H31IN2O7. The summed E-state index contributed by atoms with van der Waals surface area (Å²) >= 11 is 2.02. The second-order valence-electron chi connectivity index (χ2n) is 9.39. The van der Waals surface area contributed by atoms with Crippen LogP contribution in [0.1, 0.15) is 35.2 Å². The molecule has 202 valence electrons. The van der Waals surface area contributed by atoms with Gasteiger partial charge in [0, 0.05) is 36.6 Å². The van der Waals surface area contributed by atoms with Gasteiger partial charge in [-0.2, -0.15) is 0 Å². The molecular weight excluding hydrogens is 603 g/mol. The number of amides is 2. The Balaban J connectivity index is 1.71. The van der Waals surface area contributed by atoms with E-state index in [4.69, 9.17) is 9.47 Å². The number of nitrogens with zero attached hydrogens (tertiary/aromatic N) is 1. The van der Waals surface area contributed by atoms with Gasteiger partial charge in [-0.1, -0.05) is 30.3 Å². The lowest BCUT2D eigenvalue weighted by atomic mass is 9.87. The van der Waals surface area contributed by atoms with Gasteiger partial charge in [-0.25, -0.2) is 0 Å². The maximum absolute atomic E-state index is 13.5. The number of nitrogens with one attached hydrogen (secondary N) is 1. The van der Waals surface area contributed by atoms with E-state index in [-0.39, 0.29) is 37.9 Å². The van der Waals surface area contributed by atoms with Crippen molar-refractivity contribution < 1.29 is 34.1 Å². The summed E-state index contributed by atoms with van der Waals surface area (Å²) in [5.74, 6) is 0.0677. The molecule has 0 unspecified atom stereocenters. The van der Waals surface area contributed by atoms with Gasteiger partial charge in [0.1, 0.15) is 18.5 Å². The Morgan fingerprint density at radius 3 is 2.58 bits per heavy atom. The molecule has 0 spiro atoms. The first-order valence-electron chi connectivity index (χ1n) is 12.5. The molecule has 0 aromatic heterocycles. The fourth-order valence-electron chi connectivity index (χ4n) is 4.54. The molecule has 10 heteroatoms. The van der Waals surface area contributed by atoms with Crippen LogP contribution in [0.25, 0.3) is 0 Å². The Morgan fingerprint density at radius 2 is 1.95 bits per heavy atom. The number of benzene rings is 2. The number of carbonyl (C=O) groups excluding carboxylic acids is 3. The van der Waals surface area contributed by atoms with Crippen LogP contribution < -0.4 is 14.8 Å². The van der Waals surface area contributed by atoms with Gasteiger partial charge in [0.05, 0.1) is 23.3 Å². The van der Waals surface area contributed by atoms with Crippen LogP contribution in [0, 0.1) is 9.49 Å². The van der Waals surface area contributed by atoms with E-state index in [1.165, 1.54) is 13.2 Å². The van der Waals surface area contributed by atoms with E-state index in [9.17, 15) is 24.6 Å². The van der Waals surface area contributed by atoms with E-state index in [2.05, 4.69) is 5.32 Å². The van der Waals surface area contributed by atoms with Gasteiger partial charge in [-0.3, -0.25) is 14.4 Å². The first-order chi connectivity index (χ1) is 18.4. The van der Waals surface area contributed by atoms with Crippen LogP contribution in [0.15, 0.2) is 54.1 Å². The number of aliphatic hydroxyl groups excluding tert-OH is 2. The lowest BCUT2D eigenvalue weighted by Crippen LogP contribution is -2.55. The van der Waals surface area contributed by atoms with Crippen molar-refractivity contribution in [1.29, 1.82) is 0 Å². The summed E-state index contributed by atoms with van der Waals surface area (Å²) in [6.45, 7) is 0.136. The van der Waals surface area contributed by atoms with E-state index >= 15 is 0 Å². The first-order valence-corrected chi connectivity index (χ1v) is 13.6. The largest absolute Gasteiger partial charge is 0.493 e. The highest BCUT2D eigenvalue weighted by atomic mass is 127. The monoisotopic (exact) mass is 634 g/mol. The lowest BCUT2D eigenvalue weighted by Gasteiger charge is -2.41. The average Bonchev–Trinajstić information content (AvgIpc) is 3.78. The minimum Gasteiger partial charge on any atom is -0.493 e. The van der Waals surface area contributed by atoms with Gasteiger partial charge in [0.2, 0.25) is 11.8 Å². The number of ether oxygens (including phenoxy) is 2. The Kier molecular flexibility index (Phi) is 9.40. The molecule has 38 heavy (non-hydrogen) atoms. The van der Waals surface area contributed by atoms with Crippen molar-refractivity contribution in [2.75, 3.05) is 20.3 Å². The molecule has 2 aromatic carbocycles. The second kappa shape index (κ2) is 12.7. The zero-order valence-electron chi connectivity index (χ0n) is 21.0. The number of aliphatic hydroxyl groups is 2. The fourth-order valence-corrected chi connectivity index (χ4v) is 5.29. The van der Waals surface area contributed by atoms with Gasteiger partial charge in [-0.15, -0.1) is 0 Å². The van der Waals surface area contributed by atoms with Crippen molar-refractivity contribution >= 4 is 40.7 Å². The Bertz CT molecular complexity index is 1200. The summed E-state index contributed by atoms with van der Waals surface area (Å²) in [5.41, 5.74) is 1.66. The van der Waals surface area contributed by atoms with Crippen LogP contribution in [-0.2, 0) is 16.1 Å². The highest BCUT2D eigenvalue weighted by Gasteiger charge is 2.44. The van der Waals surface area contributed by atoms with E-state index in [1.807, 2.05) is 52.9 Å². The van der Waals surface area contributed by atoms with E-state index in [0.717, 1.165) is 18.4 Å². The minimum absolute atomic E-state index is 0.0591. The Morgan fingerprint density at radius 1 is 1.21 bits per heavy atom. The van der Waals surface area contributed by atoms with Crippen LogP contribution in [0.3, 0.4) is 0 Å². The molecule has 2 aliphatic carbocycles. The molecule has 3 atom stereocenters. The van der Waals surface area contributed by atoms with Gasteiger partial charge < -0.3 is 29.9 Å². The molecule has 1 saturated carbocycles. The normalized spacial score (nSPS) is 20.7. The summed E-state index contributed by atoms with van der Waals surface area (Å²) in [4.78, 5) is 39.4. The smallest absolute Gasteiger partial charge is 0.247 e. The summed E-state index contributed by atoms with van der Waals surface area (Å²) in [7, 11) is 1.45. The lowest BCUT2D eigenvalue weighted by molar-refractivity contribution is -0.140. The average molecular weight is 634 g/mol. The fraction of sp³-hybridized carbons (Fsp3) is 0.393. The molecule has 2 aliphatic rings. The number of hydrogen-bond acceptors (Lipinski definition) is 7. The highest BCUT2D eigenvalue weighted by Crippen LogP contribution is 2.38. The summed E-state index contributed by atoms with van der Waals surface area (Å²) in [5, 5.41) is 23.4. The van der Waals surface area contributed by atoms with Crippen LogP contribution in [0.5, 0.6) is 11.5 Å². The van der Waals surface area contributed by atoms with Crippen LogP contribution in [-0.4, -0.2) is 71.7 Å². The second-order valence-corrected chi connectivity index (χ2v) is 10.6. The van der Waals surface area contributed by atoms with Gasteiger partial charge >= 0.3 is 0 Å². The zero-order valence-corrected chi connectivity index (χ0v) is 23.2. The summed E-state index contributed by atoms with van der Waals surface area (Å²) < 4.78 is 12.3. The minimum atomic E-state index is -1.15. The predicted molar refractivity (Wildman–Crippen MR) is 148 cm³/mol. The van der Waals surface area contributed by atoms with E-state index in [1.54, 1.807) is 17.0 Å². The Labute approximate surface area is 234 Å². The van der Waals surface area contributed by atoms with Gasteiger partial charge in [0.15, 0.2) is 11.5 Å². The van der Waals surface area contributed by atoms with Crippen molar-refractivity contribution in [1.82, 2.24) is 10.2 Å². The SMILES string of the molecule is COc1cc(C=O)cc(I)c1O[C@H]1C=C(C(=O)NCCO)C[C@@H](N(Cc2ccccc2)C(=O)C2CC2)[C@@H]1O. The van der Waals surface area contributed by atoms with Crippen LogP contribution in [0.4, 0.5) is 0 Å². The van der Waals surface area contributed by atoms with Crippen LogP contribution in [0.2, 0.25) is 0 Å². The summed E-state index contributed by atoms with van der Waals surface area (Å²) in [6.07, 6.45) is 1.84. The molecule has 2 aromatic rings. The molecule has 0 aliphatic heterocycles. The number of rotatable bonds is 11. The molecule has 2 amide bonds. The van der Waals surface area contributed by atoms with Crippen LogP contribution >= 0.6 is 22.6 Å². The highest BCUT2D eigenvalue weighted by molar-refractivity contribution is 14.1. The zero-order chi connectivity index (χ0) is 27.2. The number of hydrogen-bond donors (Lipinski definition) is 3.